The molecule has 0 bridgehead atoms. The van der Waals surface area contributed by atoms with Crippen molar-refractivity contribution < 1.29 is 9.18 Å². The van der Waals surface area contributed by atoms with Gasteiger partial charge in [-0.05, 0) is 24.8 Å². The van der Waals surface area contributed by atoms with Crippen LogP contribution in [0.2, 0.25) is 0 Å². The van der Waals surface area contributed by atoms with Gasteiger partial charge in [-0.2, -0.15) is 0 Å². The Hall–Kier alpha value is -1.45. The highest BCUT2D eigenvalue weighted by molar-refractivity contribution is 5.94. The maximum Gasteiger partial charge on any atom is 0.254 e. The van der Waals surface area contributed by atoms with Gasteiger partial charge < -0.3 is 5.32 Å². The lowest BCUT2D eigenvalue weighted by molar-refractivity contribution is 0.0915. The molecule has 18 heavy (non-hydrogen) atoms. The number of hydrogen-bond donors (Lipinski definition) is 1. The van der Waals surface area contributed by atoms with Crippen LogP contribution >= 0.6 is 0 Å². The first-order valence-corrected chi connectivity index (χ1v) is 6.61. The molecule has 98 valence electrons. The summed E-state index contributed by atoms with van der Waals surface area (Å²) in [7, 11) is 0. The first-order valence-electron chi connectivity index (χ1n) is 6.61. The predicted octanol–water partition coefficient (Wildman–Crippen LogP) is 2.92. The van der Waals surface area contributed by atoms with E-state index in [1.165, 1.54) is 18.7 Å². The van der Waals surface area contributed by atoms with Crippen LogP contribution in [0.15, 0.2) is 18.5 Å². The molecular weight excluding hydrogens is 231 g/mol. The molecule has 2 rings (SSSR count). The second-order valence-corrected chi connectivity index (χ2v) is 4.97. The summed E-state index contributed by atoms with van der Waals surface area (Å²) in [4.78, 5) is 15.6. The van der Waals surface area contributed by atoms with Crippen molar-refractivity contribution in [2.45, 2.75) is 45.1 Å². The molecular formula is C14H19FN2O. The fourth-order valence-corrected chi connectivity index (χ4v) is 2.62. The molecule has 0 spiro atoms. The third kappa shape index (κ3) is 3.06. The topological polar surface area (TPSA) is 42.0 Å². The number of pyridine rings is 1. The number of rotatable bonds is 3. The smallest absolute Gasteiger partial charge is 0.254 e. The number of hydrogen-bond acceptors (Lipinski definition) is 2. The quantitative estimate of drug-likeness (QED) is 0.896. The van der Waals surface area contributed by atoms with E-state index in [2.05, 4.69) is 17.2 Å². The molecule has 1 fully saturated rings. The number of amides is 1. The standard InChI is InChI=1S/C14H19FN2O/c1-2-10-4-3-5-11(8-10)17-14(18)12-6-7-16-9-13(12)15/h6-7,9-11H,2-5,8H2,1H3,(H,17,18). The molecule has 1 aromatic heterocycles. The number of nitrogens with zero attached hydrogens (tertiary/aromatic N) is 1. The summed E-state index contributed by atoms with van der Waals surface area (Å²) < 4.78 is 13.4. The van der Waals surface area contributed by atoms with Gasteiger partial charge in [0, 0.05) is 12.2 Å². The van der Waals surface area contributed by atoms with Crippen LogP contribution < -0.4 is 5.32 Å². The van der Waals surface area contributed by atoms with Crippen molar-refractivity contribution >= 4 is 5.91 Å². The van der Waals surface area contributed by atoms with Crippen LogP contribution in [0.25, 0.3) is 0 Å². The van der Waals surface area contributed by atoms with Crippen molar-refractivity contribution in [3.05, 3.63) is 29.8 Å². The lowest BCUT2D eigenvalue weighted by Gasteiger charge is -2.29. The molecule has 0 saturated heterocycles. The summed E-state index contributed by atoms with van der Waals surface area (Å²) >= 11 is 0. The van der Waals surface area contributed by atoms with Gasteiger partial charge in [-0.15, -0.1) is 0 Å². The second kappa shape index (κ2) is 5.94. The molecule has 1 amide bonds. The maximum atomic E-state index is 13.4. The Morgan fingerprint density at radius 3 is 3.11 bits per heavy atom. The van der Waals surface area contributed by atoms with Gasteiger partial charge in [0.2, 0.25) is 0 Å². The number of aromatic nitrogens is 1. The predicted molar refractivity (Wildman–Crippen MR) is 67.7 cm³/mol. The summed E-state index contributed by atoms with van der Waals surface area (Å²) in [5.41, 5.74) is 0.0867. The van der Waals surface area contributed by atoms with Gasteiger partial charge in [-0.1, -0.05) is 26.2 Å². The highest BCUT2D eigenvalue weighted by Crippen LogP contribution is 2.26. The van der Waals surface area contributed by atoms with Gasteiger partial charge in [-0.25, -0.2) is 4.39 Å². The van der Waals surface area contributed by atoms with E-state index in [0.717, 1.165) is 31.9 Å². The van der Waals surface area contributed by atoms with Gasteiger partial charge in [0.25, 0.3) is 5.91 Å². The van der Waals surface area contributed by atoms with Crippen LogP contribution in [0, 0.1) is 11.7 Å². The molecule has 4 heteroatoms. The zero-order valence-electron chi connectivity index (χ0n) is 10.7. The lowest BCUT2D eigenvalue weighted by atomic mass is 9.84. The van der Waals surface area contributed by atoms with Crippen molar-refractivity contribution in [1.29, 1.82) is 0 Å². The normalized spacial score (nSPS) is 23.7. The van der Waals surface area contributed by atoms with E-state index in [0.29, 0.717) is 5.92 Å². The van der Waals surface area contributed by atoms with Crippen molar-refractivity contribution in [2.24, 2.45) is 5.92 Å². The Kier molecular flexibility index (Phi) is 4.28. The van der Waals surface area contributed by atoms with Crippen LogP contribution in [0.4, 0.5) is 4.39 Å². The molecule has 1 heterocycles. The highest BCUT2D eigenvalue weighted by Gasteiger charge is 2.23. The van der Waals surface area contributed by atoms with Gasteiger partial charge >= 0.3 is 0 Å². The van der Waals surface area contributed by atoms with Gasteiger partial charge in [-0.3, -0.25) is 9.78 Å². The molecule has 1 aromatic rings. The molecule has 1 aliphatic carbocycles. The van der Waals surface area contributed by atoms with E-state index in [1.807, 2.05) is 0 Å². The van der Waals surface area contributed by atoms with E-state index in [9.17, 15) is 9.18 Å². The number of nitrogens with one attached hydrogen (secondary N) is 1. The zero-order chi connectivity index (χ0) is 13.0. The fourth-order valence-electron chi connectivity index (χ4n) is 2.62. The average Bonchev–Trinajstić information content (AvgIpc) is 2.39. The minimum atomic E-state index is -0.558. The molecule has 1 aliphatic rings. The molecule has 1 saturated carbocycles. The van der Waals surface area contributed by atoms with Crippen molar-refractivity contribution in [1.82, 2.24) is 10.3 Å². The lowest BCUT2D eigenvalue weighted by Crippen LogP contribution is -2.38. The fraction of sp³-hybridized carbons (Fsp3) is 0.571. The van der Waals surface area contributed by atoms with Crippen LogP contribution in [0.5, 0.6) is 0 Å². The van der Waals surface area contributed by atoms with E-state index in [4.69, 9.17) is 0 Å². The minimum absolute atomic E-state index is 0.0867. The largest absolute Gasteiger partial charge is 0.349 e. The minimum Gasteiger partial charge on any atom is -0.349 e. The van der Waals surface area contributed by atoms with E-state index < -0.39 is 5.82 Å². The van der Waals surface area contributed by atoms with Crippen molar-refractivity contribution in [2.75, 3.05) is 0 Å². The molecule has 2 atom stereocenters. The third-order valence-electron chi connectivity index (χ3n) is 3.71. The number of carbonyl (C=O) groups is 1. The van der Waals surface area contributed by atoms with Crippen molar-refractivity contribution in [3.8, 4) is 0 Å². The van der Waals surface area contributed by atoms with Crippen LogP contribution in [-0.4, -0.2) is 16.9 Å². The number of halogens is 1. The van der Waals surface area contributed by atoms with E-state index in [-0.39, 0.29) is 17.5 Å². The summed E-state index contributed by atoms with van der Waals surface area (Å²) in [6.45, 7) is 2.18. The Morgan fingerprint density at radius 1 is 1.56 bits per heavy atom. The molecule has 2 unspecified atom stereocenters. The number of carbonyl (C=O) groups excluding carboxylic acids is 1. The molecule has 0 aromatic carbocycles. The van der Waals surface area contributed by atoms with Crippen molar-refractivity contribution in [3.63, 3.8) is 0 Å². The van der Waals surface area contributed by atoms with E-state index in [1.54, 1.807) is 0 Å². The van der Waals surface area contributed by atoms with Gasteiger partial charge in [0.15, 0.2) is 5.82 Å². The highest BCUT2D eigenvalue weighted by atomic mass is 19.1. The Balaban J connectivity index is 1.97. The maximum absolute atomic E-state index is 13.4. The van der Waals surface area contributed by atoms with E-state index >= 15 is 0 Å². The molecule has 0 aliphatic heterocycles. The Bertz CT molecular complexity index is 422. The summed E-state index contributed by atoms with van der Waals surface area (Å²) in [6.07, 6.45) is 8.05. The molecule has 0 radical (unpaired) electrons. The molecule has 1 N–H and O–H groups in total. The van der Waals surface area contributed by atoms with Crippen LogP contribution in [0.1, 0.15) is 49.4 Å². The van der Waals surface area contributed by atoms with Crippen LogP contribution in [0.3, 0.4) is 0 Å². The SMILES string of the molecule is CCC1CCCC(NC(=O)c2ccncc2F)C1. The Morgan fingerprint density at radius 2 is 2.39 bits per heavy atom. The average molecular weight is 250 g/mol. The van der Waals surface area contributed by atoms with Gasteiger partial charge in [0.05, 0.1) is 11.8 Å². The van der Waals surface area contributed by atoms with Crippen LogP contribution in [-0.2, 0) is 0 Å². The van der Waals surface area contributed by atoms with Gasteiger partial charge in [0.1, 0.15) is 0 Å². The Labute approximate surface area is 107 Å². The molecule has 3 nitrogen and oxygen atoms in total. The first kappa shape index (κ1) is 13.0. The summed E-state index contributed by atoms with van der Waals surface area (Å²) in [5, 5.41) is 2.93. The summed E-state index contributed by atoms with van der Waals surface area (Å²) in [6, 6.07) is 1.61. The summed E-state index contributed by atoms with van der Waals surface area (Å²) in [5.74, 6) is -0.194. The zero-order valence-corrected chi connectivity index (χ0v) is 10.7. The first-order chi connectivity index (χ1) is 8.70. The monoisotopic (exact) mass is 250 g/mol. The third-order valence-corrected chi connectivity index (χ3v) is 3.71. The second-order valence-electron chi connectivity index (χ2n) is 4.97.